The van der Waals surface area contributed by atoms with Crippen molar-refractivity contribution < 1.29 is 12.8 Å². The molecule has 2 fully saturated rings. The molecule has 0 aliphatic carbocycles. The lowest BCUT2D eigenvalue weighted by Gasteiger charge is -2.36. The molecule has 0 radical (unpaired) electrons. The molecule has 2 aliphatic heterocycles. The van der Waals surface area contributed by atoms with Gasteiger partial charge in [0.15, 0.2) is 0 Å². The number of hydrogen-bond acceptors (Lipinski definition) is 4. The van der Waals surface area contributed by atoms with E-state index in [1.54, 1.807) is 6.07 Å². The minimum Gasteiger partial charge on any atom is -0.298 e. The highest BCUT2D eigenvalue weighted by atomic mass is 32.2. The molecule has 2 heterocycles. The SMILES string of the molecule is N#Cc1cc(S(=O)(=O)N2CCN3CCCC3C2)ccc1F. The number of piperazine rings is 1. The summed E-state index contributed by atoms with van der Waals surface area (Å²) >= 11 is 0. The van der Waals surface area contributed by atoms with Crippen LogP contribution in [0.25, 0.3) is 0 Å². The van der Waals surface area contributed by atoms with Crippen molar-refractivity contribution in [2.75, 3.05) is 26.2 Å². The maximum Gasteiger partial charge on any atom is 0.243 e. The number of nitriles is 1. The largest absolute Gasteiger partial charge is 0.298 e. The van der Waals surface area contributed by atoms with Crippen LogP contribution in [0, 0.1) is 17.1 Å². The monoisotopic (exact) mass is 309 g/mol. The zero-order valence-corrected chi connectivity index (χ0v) is 12.3. The molecule has 112 valence electrons. The molecule has 1 unspecified atom stereocenters. The molecule has 5 nitrogen and oxygen atoms in total. The van der Waals surface area contributed by atoms with Crippen molar-refractivity contribution in [3.05, 3.63) is 29.6 Å². The predicted octanol–water partition coefficient (Wildman–Crippen LogP) is 1.17. The van der Waals surface area contributed by atoms with Crippen molar-refractivity contribution in [3.63, 3.8) is 0 Å². The van der Waals surface area contributed by atoms with E-state index in [0.29, 0.717) is 13.1 Å². The molecule has 1 aromatic rings. The minimum absolute atomic E-state index is 0.00750. The average molecular weight is 309 g/mol. The first kappa shape index (κ1) is 14.4. The number of halogens is 1. The van der Waals surface area contributed by atoms with Crippen LogP contribution in [-0.4, -0.2) is 49.8 Å². The molecule has 2 saturated heterocycles. The molecular formula is C14H16FN3O2S. The summed E-state index contributed by atoms with van der Waals surface area (Å²) in [6.45, 7) is 2.68. The first-order valence-corrected chi connectivity index (χ1v) is 8.40. The van der Waals surface area contributed by atoms with E-state index >= 15 is 0 Å². The summed E-state index contributed by atoms with van der Waals surface area (Å²) in [4.78, 5) is 2.31. The van der Waals surface area contributed by atoms with Gasteiger partial charge in [-0.3, -0.25) is 4.90 Å². The Morgan fingerprint density at radius 1 is 1.29 bits per heavy atom. The topological polar surface area (TPSA) is 64.4 Å². The van der Waals surface area contributed by atoms with E-state index in [9.17, 15) is 12.8 Å². The Hall–Kier alpha value is -1.49. The average Bonchev–Trinajstić information content (AvgIpc) is 2.94. The fraction of sp³-hybridized carbons (Fsp3) is 0.500. The molecule has 7 heteroatoms. The number of fused-ring (bicyclic) bond motifs is 1. The van der Waals surface area contributed by atoms with E-state index in [4.69, 9.17) is 5.26 Å². The van der Waals surface area contributed by atoms with Gasteiger partial charge in [-0.2, -0.15) is 9.57 Å². The zero-order chi connectivity index (χ0) is 15.0. The molecule has 0 spiro atoms. The van der Waals surface area contributed by atoms with Gasteiger partial charge < -0.3 is 0 Å². The second-order valence-corrected chi connectivity index (χ2v) is 7.39. The van der Waals surface area contributed by atoms with Crippen LogP contribution < -0.4 is 0 Å². The predicted molar refractivity (Wildman–Crippen MR) is 74.5 cm³/mol. The minimum atomic E-state index is -3.66. The van der Waals surface area contributed by atoms with E-state index in [1.165, 1.54) is 10.4 Å². The van der Waals surface area contributed by atoms with Crippen LogP contribution >= 0.6 is 0 Å². The van der Waals surface area contributed by atoms with Crippen molar-refractivity contribution in [1.29, 1.82) is 5.26 Å². The van der Waals surface area contributed by atoms with Crippen LogP contribution in [-0.2, 0) is 10.0 Å². The maximum atomic E-state index is 13.3. The summed E-state index contributed by atoms with van der Waals surface area (Å²) in [5.74, 6) is -0.697. The lowest BCUT2D eigenvalue weighted by atomic mass is 10.2. The molecule has 3 rings (SSSR count). The van der Waals surface area contributed by atoms with Gasteiger partial charge in [0.1, 0.15) is 11.9 Å². The first-order valence-electron chi connectivity index (χ1n) is 6.96. The summed E-state index contributed by atoms with van der Waals surface area (Å²) in [7, 11) is -3.66. The summed E-state index contributed by atoms with van der Waals surface area (Å²) in [5.41, 5.74) is -0.240. The Morgan fingerprint density at radius 3 is 2.86 bits per heavy atom. The molecular weight excluding hydrogens is 293 g/mol. The van der Waals surface area contributed by atoms with Gasteiger partial charge in [0.05, 0.1) is 10.5 Å². The number of nitrogens with zero attached hydrogens (tertiary/aromatic N) is 3. The van der Waals surface area contributed by atoms with Crippen molar-refractivity contribution in [2.45, 2.75) is 23.8 Å². The third kappa shape index (κ3) is 2.55. The van der Waals surface area contributed by atoms with Crippen LogP contribution in [0.15, 0.2) is 23.1 Å². The Bertz CT molecular complexity index is 699. The highest BCUT2D eigenvalue weighted by Gasteiger charge is 2.36. The highest BCUT2D eigenvalue weighted by Crippen LogP contribution is 2.26. The fourth-order valence-corrected chi connectivity index (χ4v) is 4.58. The molecule has 0 bridgehead atoms. The van der Waals surface area contributed by atoms with Crippen LogP contribution in [0.3, 0.4) is 0 Å². The van der Waals surface area contributed by atoms with E-state index in [1.807, 2.05) is 0 Å². The van der Waals surface area contributed by atoms with Gasteiger partial charge >= 0.3 is 0 Å². The van der Waals surface area contributed by atoms with Crippen LogP contribution in [0.4, 0.5) is 4.39 Å². The van der Waals surface area contributed by atoms with E-state index in [-0.39, 0.29) is 16.5 Å². The molecule has 2 aliphatic rings. The van der Waals surface area contributed by atoms with Crippen LogP contribution in [0.1, 0.15) is 18.4 Å². The Labute approximate surface area is 123 Å². The molecule has 0 amide bonds. The normalized spacial score (nSPS) is 23.7. The third-order valence-electron chi connectivity index (χ3n) is 4.25. The molecule has 1 atom stereocenters. The molecule has 1 aromatic carbocycles. The Kier molecular flexibility index (Phi) is 3.69. The Balaban J connectivity index is 1.88. The van der Waals surface area contributed by atoms with Gasteiger partial charge in [-0.05, 0) is 37.6 Å². The van der Waals surface area contributed by atoms with Gasteiger partial charge in [0.2, 0.25) is 10.0 Å². The van der Waals surface area contributed by atoms with E-state index in [2.05, 4.69) is 4.90 Å². The second-order valence-electron chi connectivity index (χ2n) is 5.45. The number of rotatable bonds is 2. The van der Waals surface area contributed by atoms with Crippen LogP contribution in [0.5, 0.6) is 0 Å². The number of sulfonamides is 1. The lowest BCUT2D eigenvalue weighted by Crippen LogP contribution is -2.51. The van der Waals surface area contributed by atoms with Crippen molar-refractivity contribution >= 4 is 10.0 Å². The van der Waals surface area contributed by atoms with Gasteiger partial charge in [0.25, 0.3) is 0 Å². The molecule has 0 N–H and O–H groups in total. The first-order chi connectivity index (χ1) is 10.0. The zero-order valence-electron chi connectivity index (χ0n) is 11.5. The summed E-state index contributed by atoms with van der Waals surface area (Å²) in [6.07, 6.45) is 2.12. The lowest BCUT2D eigenvalue weighted by molar-refractivity contribution is 0.158. The summed E-state index contributed by atoms with van der Waals surface area (Å²) in [6, 6.07) is 5.35. The van der Waals surface area contributed by atoms with Crippen molar-refractivity contribution in [2.24, 2.45) is 0 Å². The summed E-state index contributed by atoms with van der Waals surface area (Å²) in [5, 5.41) is 8.84. The number of benzene rings is 1. The second kappa shape index (κ2) is 5.37. The van der Waals surface area contributed by atoms with Gasteiger partial charge in [-0.15, -0.1) is 0 Å². The van der Waals surface area contributed by atoms with Crippen molar-refractivity contribution in [3.8, 4) is 6.07 Å². The quantitative estimate of drug-likeness (QED) is 0.822. The summed E-state index contributed by atoms with van der Waals surface area (Å²) < 4.78 is 40.1. The third-order valence-corrected chi connectivity index (χ3v) is 6.11. The van der Waals surface area contributed by atoms with Gasteiger partial charge in [0, 0.05) is 25.7 Å². The Morgan fingerprint density at radius 2 is 2.10 bits per heavy atom. The maximum absolute atomic E-state index is 13.3. The van der Waals surface area contributed by atoms with E-state index < -0.39 is 15.8 Å². The fourth-order valence-electron chi connectivity index (χ4n) is 3.08. The smallest absolute Gasteiger partial charge is 0.243 e. The van der Waals surface area contributed by atoms with E-state index in [0.717, 1.165) is 38.1 Å². The van der Waals surface area contributed by atoms with Gasteiger partial charge in [-0.1, -0.05) is 0 Å². The number of hydrogen-bond donors (Lipinski definition) is 0. The highest BCUT2D eigenvalue weighted by molar-refractivity contribution is 7.89. The van der Waals surface area contributed by atoms with Crippen molar-refractivity contribution in [1.82, 2.24) is 9.21 Å². The molecule has 0 saturated carbocycles. The standard InChI is InChI=1S/C14H16FN3O2S/c15-14-4-3-13(8-11(14)9-16)21(19,20)18-7-6-17-5-1-2-12(17)10-18/h3-4,8,12H,1-2,5-7,10H2. The van der Waals surface area contributed by atoms with Gasteiger partial charge in [-0.25, -0.2) is 12.8 Å². The van der Waals surface area contributed by atoms with Crippen LogP contribution in [0.2, 0.25) is 0 Å². The molecule has 21 heavy (non-hydrogen) atoms. The molecule has 0 aromatic heterocycles.